The first-order valence-electron chi connectivity index (χ1n) is 6.57. The standard InChI is InChI=1S/C15H15FN2O3/c16-12-4-5-13(11(9-12)3-1-2-8-19)15(21)18-7-6-17-14(20)10-18/h4-5,9,19H,2,6-8,10H2,(H,17,20). The zero-order chi connectivity index (χ0) is 15.2. The first kappa shape index (κ1) is 15.0. The van der Waals surface area contributed by atoms with Gasteiger partial charge in [-0.1, -0.05) is 11.8 Å². The van der Waals surface area contributed by atoms with Gasteiger partial charge in [0.1, 0.15) is 5.82 Å². The SMILES string of the molecule is O=C1CN(C(=O)c2ccc(F)cc2C#CCCO)CCN1. The van der Waals surface area contributed by atoms with Crippen molar-refractivity contribution in [3.8, 4) is 11.8 Å². The van der Waals surface area contributed by atoms with Crippen molar-refractivity contribution < 1.29 is 19.1 Å². The zero-order valence-corrected chi connectivity index (χ0v) is 11.4. The lowest BCUT2D eigenvalue weighted by atomic mass is 10.1. The Bertz CT molecular complexity index is 619. The summed E-state index contributed by atoms with van der Waals surface area (Å²) in [5.41, 5.74) is 0.524. The monoisotopic (exact) mass is 290 g/mol. The molecular weight excluding hydrogens is 275 g/mol. The largest absolute Gasteiger partial charge is 0.395 e. The second-order valence-corrected chi connectivity index (χ2v) is 4.54. The Balaban J connectivity index is 2.28. The van der Waals surface area contributed by atoms with Crippen LogP contribution in [-0.4, -0.2) is 48.1 Å². The topological polar surface area (TPSA) is 69.6 Å². The number of halogens is 1. The molecule has 0 bridgehead atoms. The third kappa shape index (κ3) is 3.80. The lowest BCUT2D eigenvalue weighted by Gasteiger charge is -2.27. The van der Waals surface area contributed by atoms with E-state index in [4.69, 9.17) is 5.11 Å². The molecule has 1 saturated heterocycles. The molecule has 0 atom stereocenters. The Kier molecular flexibility index (Phi) is 4.90. The molecule has 21 heavy (non-hydrogen) atoms. The van der Waals surface area contributed by atoms with Crippen LogP contribution in [0.15, 0.2) is 18.2 Å². The summed E-state index contributed by atoms with van der Waals surface area (Å²) < 4.78 is 13.3. The minimum Gasteiger partial charge on any atom is -0.395 e. The van der Waals surface area contributed by atoms with Crippen molar-refractivity contribution in [3.63, 3.8) is 0 Å². The molecule has 0 unspecified atom stereocenters. The molecule has 0 saturated carbocycles. The highest BCUT2D eigenvalue weighted by Crippen LogP contribution is 2.14. The van der Waals surface area contributed by atoms with Gasteiger partial charge < -0.3 is 15.3 Å². The fourth-order valence-electron chi connectivity index (χ4n) is 2.00. The second kappa shape index (κ2) is 6.86. The van der Waals surface area contributed by atoms with Crippen LogP contribution in [0.4, 0.5) is 4.39 Å². The number of benzene rings is 1. The number of hydrogen-bond acceptors (Lipinski definition) is 3. The van der Waals surface area contributed by atoms with Crippen LogP contribution >= 0.6 is 0 Å². The van der Waals surface area contributed by atoms with Gasteiger partial charge >= 0.3 is 0 Å². The maximum absolute atomic E-state index is 13.3. The highest BCUT2D eigenvalue weighted by Gasteiger charge is 2.23. The number of aliphatic hydroxyl groups excluding tert-OH is 1. The van der Waals surface area contributed by atoms with Crippen molar-refractivity contribution in [1.29, 1.82) is 0 Å². The van der Waals surface area contributed by atoms with Crippen LogP contribution in [0, 0.1) is 17.7 Å². The van der Waals surface area contributed by atoms with Crippen molar-refractivity contribution in [3.05, 3.63) is 35.1 Å². The number of piperazine rings is 1. The van der Waals surface area contributed by atoms with Crippen LogP contribution in [0.3, 0.4) is 0 Å². The average Bonchev–Trinajstić information content (AvgIpc) is 2.47. The van der Waals surface area contributed by atoms with Crippen LogP contribution in [-0.2, 0) is 4.79 Å². The Morgan fingerprint density at radius 1 is 1.48 bits per heavy atom. The van der Waals surface area contributed by atoms with Crippen LogP contribution in [0.2, 0.25) is 0 Å². The van der Waals surface area contributed by atoms with Crippen molar-refractivity contribution in [1.82, 2.24) is 10.2 Å². The van der Waals surface area contributed by atoms with Gasteiger partial charge in [-0.15, -0.1) is 0 Å². The molecule has 0 aromatic heterocycles. The Morgan fingerprint density at radius 2 is 2.29 bits per heavy atom. The fourth-order valence-corrected chi connectivity index (χ4v) is 2.00. The molecule has 1 fully saturated rings. The van der Waals surface area contributed by atoms with E-state index in [1.54, 1.807) is 0 Å². The number of rotatable bonds is 2. The summed E-state index contributed by atoms with van der Waals surface area (Å²) in [6, 6.07) is 3.74. The molecule has 2 rings (SSSR count). The molecule has 1 heterocycles. The van der Waals surface area contributed by atoms with Crippen LogP contribution in [0.5, 0.6) is 0 Å². The van der Waals surface area contributed by atoms with E-state index in [0.717, 1.165) is 0 Å². The van der Waals surface area contributed by atoms with Gasteiger partial charge in [-0.25, -0.2) is 4.39 Å². The lowest BCUT2D eigenvalue weighted by molar-refractivity contribution is -0.123. The summed E-state index contributed by atoms with van der Waals surface area (Å²) in [5.74, 6) is 4.30. The summed E-state index contributed by atoms with van der Waals surface area (Å²) in [4.78, 5) is 25.2. The van der Waals surface area contributed by atoms with Gasteiger partial charge in [-0.3, -0.25) is 9.59 Å². The van der Waals surface area contributed by atoms with Crippen molar-refractivity contribution in [2.75, 3.05) is 26.2 Å². The minimum absolute atomic E-state index is 0.0142. The number of amides is 2. The van der Waals surface area contributed by atoms with Gasteiger partial charge in [-0.2, -0.15) is 0 Å². The van der Waals surface area contributed by atoms with Crippen LogP contribution in [0.25, 0.3) is 0 Å². The van der Waals surface area contributed by atoms with Gasteiger partial charge in [0.15, 0.2) is 0 Å². The van der Waals surface area contributed by atoms with E-state index in [0.29, 0.717) is 13.1 Å². The predicted octanol–water partition coefficient (Wildman–Crippen LogP) is 0.132. The number of nitrogens with zero attached hydrogens (tertiary/aromatic N) is 1. The van der Waals surface area contributed by atoms with Crippen molar-refractivity contribution in [2.24, 2.45) is 0 Å². The molecule has 5 nitrogen and oxygen atoms in total. The first-order chi connectivity index (χ1) is 10.1. The Hall–Kier alpha value is -2.39. The van der Waals surface area contributed by atoms with Gasteiger partial charge in [0.05, 0.1) is 18.7 Å². The average molecular weight is 290 g/mol. The molecule has 1 aromatic carbocycles. The summed E-state index contributed by atoms with van der Waals surface area (Å²) in [7, 11) is 0. The summed E-state index contributed by atoms with van der Waals surface area (Å²) in [5, 5.41) is 11.3. The molecule has 2 amide bonds. The number of carbonyl (C=O) groups is 2. The number of nitrogens with one attached hydrogen (secondary N) is 1. The number of aliphatic hydroxyl groups is 1. The maximum atomic E-state index is 13.3. The molecule has 1 aliphatic heterocycles. The number of carbonyl (C=O) groups excluding carboxylic acids is 2. The zero-order valence-electron chi connectivity index (χ0n) is 11.4. The normalized spacial score (nSPS) is 14.2. The molecular formula is C15H15FN2O3. The van der Waals surface area contributed by atoms with Gasteiger partial charge in [0.25, 0.3) is 5.91 Å². The van der Waals surface area contributed by atoms with Crippen molar-refractivity contribution in [2.45, 2.75) is 6.42 Å². The van der Waals surface area contributed by atoms with Gasteiger partial charge in [0.2, 0.25) is 5.91 Å². The third-order valence-electron chi connectivity index (χ3n) is 3.00. The Labute approximate surface area is 121 Å². The van der Waals surface area contributed by atoms with Gasteiger partial charge in [-0.05, 0) is 18.2 Å². The summed E-state index contributed by atoms with van der Waals surface area (Å²) in [6.45, 7) is 0.695. The maximum Gasteiger partial charge on any atom is 0.255 e. The van der Waals surface area contributed by atoms with E-state index in [2.05, 4.69) is 17.2 Å². The molecule has 2 N–H and O–H groups in total. The van der Waals surface area contributed by atoms with E-state index < -0.39 is 5.82 Å². The minimum atomic E-state index is -0.490. The van der Waals surface area contributed by atoms with Crippen molar-refractivity contribution >= 4 is 11.8 Å². The molecule has 0 aliphatic carbocycles. The van der Waals surface area contributed by atoms with Crippen LogP contribution in [0.1, 0.15) is 22.3 Å². The molecule has 1 aliphatic rings. The second-order valence-electron chi connectivity index (χ2n) is 4.54. The molecule has 110 valence electrons. The molecule has 6 heteroatoms. The van der Waals surface area contributed by atoms with E-state index in [9.17, 15) is 14.0 Å². The quantitative estimate of drug-likeness (QED) is 0.761. The van der Waals surface area contributed by atoms with Crippen LogP contribution < -0.4 is 5.32 Å². The Morgan fingerprint density at radius 3 is 3.00 bits per heavy atom. The molecule has 1 aromatic rings. The van der Waals surface area contributed by atoms with E-state index >= 15 is 0 Å². The van der Waals surface area contributed by atoms with E-state index in [1.807, 2.05) is 0 Å². The van der Waals surface area contributed by atoms with E-state index in [-0.39, 0.29) is 42.5 Å². The highest BCUT2D eigenvalue weighted by molar-refractivity contribution is 5.99. The smallest absolute Gasteiger partial charge is 0.255 e. The molecule has 0 spiro atoms. The van der Waals surface area contributed by atoms with E-state index in [1.165, 1.54) is 23.1 Å². The predicted molar refractivity (Wildman–Crippen MR) is 73.9 cm³/mol. The highest BCUT2D eigenvalue weighted by atomic mass is 19.1. The van der Waals surface area contributed by atoms with Gasteiger partial charge in [0, 0.05) is 25.1 Å². The fraction of sp³-hybridized carbons (Fsp3) is 0.333. The first-order valence-corrected chi connectivity index (χ1v) is 6.57. The number of hydrogen-bond donors (Lipinski definition) is 2. The third-order valence-corrected chi connectivity index (χ3v) is 3.00. The summed E-state index contributed by atoms with van der Waals surface area (Å²) in [6.07, 6.45) is 0.246. The summed E-state index contributed by atoms with van der Waals surface area (Å²) >= 11 is 0. The lowest BCUT2D eigenvalue weighted by Crippen LogP contribution is -2.50. The molecule has 0 radical (unpaired) electrons.